The zero-order valence-corrected chi connectivity index (χ0v) is 9.84. The van der Waals surface area contributed by atoms with E-state index in [1.165, 1.54) is 0 Å². The van der Waals surface area contributed by atoms with Crippen LogP contribution in [0.5, 0.6) is 0 Å². The molecule has 0 nitrogen and oxygen atoms in total. The van der Waals surface area contributed by atoms with Crippen molar-refractivity contribution in [3.8, 4) is 0 Å². The molecule has 4 rings (SSSR count). The average Bonchev–Trinajstić information content (AvgIpc) is 2.12. The second-order valence-electron chi connectivity index (χ2n) is 6.59. The molecular formula is C14H23+. The van der Waals surface area contributed by atoms with Crippen LogP contribution in [0, 0.1) is 35.0 Å². The van der Waals surface area contributed by atoms with Gasteiger partial charge in [0.25, 0.3) is 0 Å². The zero-order chi connectivity index (χ0) is 9.92. The van der Waals surface area contributed by atoms with E-state index in [4.69, 9.17) is 0 Å². The summed E-state index contributed by atoms with van der Waals surface area (Å²) < 4.78 is 0. The quantitative estimate of drug-likeness (QED) is 0.548. The topological polar surface area (TPSA) is 0 Å². The van der Waals surface area contributed by atoms with Crippen molar-refractivity contribution in [1.29, 1.82) is 0 Å². The van der Waals surface area contributed by atoms with Crippen LogP contribution in [-0.2, 0) is 0 Å². The molecule has 4 aliphatic carbocycles. The Bertz CT molecular complexity index is 210. The van der Waals surface area contributed by atoms with Crippen LogP contribution in [0.4, 0.5) is 0 Å². The van der Waals surface area contributed by atoms with E-state index in [-0.39, 0.29) is 0 Å². The maximum absolute atomic E-state index is 2.56. The largest absolute Gasteiger partial charge is 0.112 e. The lowest BCUT2D eigenvalue weighted by atomic mass is 9.43. The van der Waals surface area contributed by atoms with Gasteiger partial charge in [0.1, 0.15) is 5.41 Å². The molecule has 0 saturated heterocycles. The van der Waals surface area contributed by atoms with E-state index in [1.54, 1.807) is 38.0 Å². The Labute approximate surface area is 88.5 Å². The third-order valence-electron chi connectivity index (χ3n) is 5.91. The highest BCUT2D eigenvalue weighted by Gasteiger charge is 2.60. The van der Waals surface area contributed by atoms with Crippen molar-refractivity contribution >= 4 is 0 Å². The first-order chi connectivity index (χ1) is 6.60. The van der Waals surface area contributed by atoms with Crippen LogP contribution in [0.1, 0.15) is 52.9 Å². The summed E-state index contributed by atoms with van der Waals surface area (Å²) in [6.45, 7) is 7.32. The van der Waals surface area contributed by atoms with E-state index in [0.29, 0.717) is 5.41 Å². The first kappa shape index (κ1) is 9.12. The van der Waals surface area contributed by atoms with Gasteiger partial charge < -0.3 is 0 Å². The van der Waals surface area contributed by atoms with E-state index in [0.717, 1.165) is 23.7 Å². The fourth-order valence-corrected chi connectivity index (χ4v) is 4.98. The molecule has 4 aliphatic rings. The maximum atomic E-state index is 2.56. The zero-order valence-electron chi connectivity index (χ0n) is 9.84. The Balaban J connectivity index is 1.94. The van der Waals surface area contributed by atoms with Gasteiger partial charge in [-0.05, 0) is 50.9 Å². The summed E-state index contributed by atoms with van der Waals surface area (Å²) in [5.41, 5.74) is 0.618. The molecule has 0 N–H and O–H groups in total. The predicted molar refractivity (Wildman–Crippen MR) is 59.7 cm³/mol. The number of hydrogen-bond donors (Lipinski definition) is 0. The van der Waals surface area contributed by atoms with Gasteiger partial charge in [0.05, 0.1) is 19.8 Å². The molecule has 0 radical (unpaired) electrons. The highest BCUT2D eigenvalue weighted by molar-refractivity contribution is 5.13. The van der Waals surface area contributed by atoms with E-state index in [2.05, 4.69) is 20.8 Å². The molecule has 0 aliphatic heterocycles. The van der Waals surface area contributed by atoms with Crippen molar-refractivity contribution in [3.63, 3.8) is 0 Å². The smallest absolute Gasteiger partial charge is 0.0475 e. The SMILES string of the molecule is C[C+](C)C1(C)C2CC3CC(C2)CC1C3. The van der Waals surface area contributed by atoms with Gasteiger partial charge in [-0.2, -0.15) is 0 Å². The van der Waals surface area contributed by atoms with Gasteiger partial charge in [0, 0.05) is 11.8 Å². The van der Waals surface area contributed by atoms with E-state index in [9.17, 15) is 0 Å². The van der Waals surface area contributed by atoms with Gasteiger partial charge in [-0.3, -0.25) is 0 Å². The molecule has 78 valence electrons. The predicted octanol–water partition coefficient (Wildman–Crippen LogP) is 4.06. The molecular weight excluding hydrogens is 168 g/mol. The molecule has 0 spiro atoms. The maximum Gasteiger partial charge on any atom is 0.112 e. The van der Waals surface area contributed by atoms with E-state index >= 15 is 0 Å². The molecule has 4 bridgehead atoms. The summed E-state index contributed by atoms with van der Waals surface area (Å²) in [5.74, 6) is 6.04. The first-order valence-electron chi connectivity index (χ1n) is 6.41. The van der Waals surface area contributed by atoms with Crippen molar-refractivity contribution in [2.75, 3.05) is 0 Å². The fourth-order valence-electron chi connectivity index (χ4n) is 4.98. The highest BCUT2D eigenvalue weighted by Crippen LogP contribution is 2.64. The van der Waals surface area contributed by atoms with Crippen molar-refractivity contribution in [3.05, 3.63) is 5.92 Å². The van der Waals surface area contributed by atoms with Gasteiger partial charge in [-0.15, -0.1) is 0 Å². The molecule has 4 fully saturated rings. The monoisotopic (exact) mass is 191 g/mol. The van der Waals surface area contributed by atoms with Gasteiger partial charge in [0.2, 0.25) is 0 Å². The van der Waals surface area contributed by atoms with Crippen molar-refractivity contribution in [2.45, 2.75) is 52.9 Å². The van der Waals surface area contributed by atoms with Gasteiger partial charge >= 0.3 is 0 Å². The Kier molecular flexibility index (Phi) is 1.77. The van der Waals surface area contributed by atoms with E-state index < -0.39 is 0 Å². The molecule has 14 heavy (non-hydrogen) atoms. The normalized spacial score (nSPS) is 55.1. The molecule has 0 atom stereocenters. The third kappa shape index (κ3) is 0.978. The van der Waals surface area contributed by atoms with Gasteiger partial charge in [-0.25, -0.2) is 0 Å². The first-order valence-corrected chi connectivity index (χ1v) is 6.41. The Morgan fingerprint density at radius 1 is 0.857 bits per heavy atom. The molecule has 0 aromatic carbocycles. The Morgan fingerprint density at radius 3 is 1.64 bits per heavy atom. The van der Waals surface area contributed by atoms with Gasteiger partial charge in [0.15, 0.2) is 0 Å². The minimum atomic E-state index is 0.618. The molecule has 4 saturated carbocycles. The minimum absolute atomic E-state index is 0.618. The number of rotatable bonds is 1. The molecule has 0 heteroatoms. The Morgan fingerprint density at radius 2 is 1.29 bits per heavy atom. The highest BCUT2D eigenvalue weighted by atomic mass is 14.6. The molecule has 0 heterocycles. The lowest BCUT2D eigenvalue weighted by Gasteiger charge is -2.57. The van der Waals surface area contributed by atoms with Crippen molar-refractivity contribution in [2.24, 2.45) is 29.1 Å². The second kappa shape index (κ2) is 2.71. The molecule has 0 amide bonds. The summed E-state index contributed by atoms with van der Waals surface area (Å²) in [4.78, 5) is 0. The summed E-state index contributed by atoms with van der Waals surface area (Å²) in [6, 6.07) is 0. The molecule has 0 aromatic heterocycles. The van der Waals surface area contributed by atoms with Crippen LogP contribution in [0.3, 0.4) is 0 Å². The van der Waals surface area contributed by atoms with Crippen molar-refractivity contribution in [1.82, 2.24) is 0 Å². The summed E-state index contributed by atoms with van der Waals surface area (Å²) in [6.07, 6.45) is 7.78. The Hall–Kier alpha value is -0.130. The summed E-state index contributed by atoms with van der Waals surface area (Å²) in [7, 11) is 0. The molecule has 0 unspecified atom stereocenters. The van der Waals surface area contributed by atoms with Crippen LogP contribution >= 0.6 is 0 Å². The van der Waals surface area contributed by atoms with Crippen LogP contribution in [-0.4, -0.2) is 0 Å². The lowest BCUT2D eigenvalue weighted by Crippen LogP contribution is -2.53. The van der Waals surface area contributed by atoms with E-state index in [1.807, 2.05) is 0 Å². The van der Waals surface area contributed by atoms with Crippen LogP contribution in [0.25, 0.3) is 0 Å². The fraction of sp³-hybridized carbons (Fsp3) is 0.929. The van der Waals surface area contributed by atoms with Crippen LogP contribution in [0.2, 0.25) is 0 Å². The minimum Gasteiger partial charge on any atom is -0.0475 e. The molecule has 0 aromatic rings. The second-order valence-corrected chi connectivity index (χ2v) is 6.59. The summed E-state index contributed by atoms with van der Waals surface area (Å²) in [5, 5.41) is 0. The third-order valence-corrected chi connectivity index (χ3v) is 5.91. The summed E-state index contributed by atoms with van der Waals surface area (Å²) >= 11 is 0. The average molecular weight is 191 g/mol. The standard InChI is InChI=1S/C14H23/c1-9(2)14(3)12-5-10-4-11(7-12)8-13(14)6-10/h10-13H,4-8H2,1-3H3/q+1. The number of hydrogen-bond acceptors (Lipinski definition) is 0. The lowest BCUT2D eigenvalue weighted by molar-refractivity contribution is -0.0884. The van der Waals surface area contributed by atoms with Crippen molar-refractivity contribution < 1.29 is 0 Å². The van der Waals surface area contributed by atoms with Crippen LogP contribution in [0.15, 0.2) is 0 Å². The van der Waals surface area contributed by atoms with Gasteiger partial charge in [-0.1, -0.05) is 0 Å². The van der Waals surface area contributed by atoms with Crippen LogP contribution < -0.4 is 0 Å².